The second-order valence-corrected chi connectivity index (χ2v) is 4.97. The van der Waals surface area contributed by atoms with E-state index < -0.39 is 10.0 Å². The highest BCUT2D eigenvalue weighted by Crippen LogP contribution is 2.04. The molecule has 0 spiro atoms. The van der Waals surface area contributed by atoms with Gasteiger partial charge in [0.1, 0.15) is 11.8 Å². The van der Waals surface area contributed by atoms with Crippen molar-refractivity contribution in [3.8, 4) is 6.07 Å². The highest BCUT2D eigenvalue weighted by Gasteiger charge is 1.99. The molecule has 0 unspecified atom stereocenters. The minimum atomic E-state index is -3.14. The summed E-state index contributed by atoms with van der Waals surface area (Å²) in [5.74, 6) is 0. The quantitative estimate of drug-likeness (QED) is 0.702. The van der Waals surface area contributed by atoms with Crippen LogP contribution in [0.25, 0.3) is 0 Å². The van der Waals surface area contributed by atoms with Crippen molar-refractivity contribution < 1.29 is 8.42 Å². The van der Waals surface area contributed by atoms with E-state index >= 15 is 0 Å². The number of hydrogen-bond donors (Lipinski definition) is 2. The van der Waals surface area contributed by atoms with Crippen LogP contribution in [-0.2, 0) is 10.0 Å². The molecule has 0 fully saturated rings. The van der Waals surface area contributed by atoms with Gasteiger partial charge in [0.25, 0.3) is 0 Å². The molecule has 6 nitrogen and oxygen atoms in total. The van der Waals surface area contributed by atoms with Crippen molar-refractivity contribution >= 4 is 15.7 Å². The largest absolute Gasteiger partial charge is 0.382 e. The number of sulfonamides is 1. The molecule has 0 bridgehead atoms. The van der Waals surface area contributed by atoms with Crippen LogP contribution >= 0.6 is 0 Å². The SMILES string of the molecule is CS(=O)(=O)NCCNc1ccc(C#N)nc1. The maximum atomic E-state index is 10.7. The van der Waals surface area contributed by atoms with Crippen LogP contribution in [0.3, 0.4) is 0 Å². The molecule has 0 aromatic carbocycles. The zero-order chi connectivity index (χ0) is 12.0. The summed E-state index contributed by atoms with van der Waals surface area (Å²) in [6.07, 6.45) is 2.63. The van der Waals surface area contributed by atoms with Gasteiger partial charge in [0.15, 0.2) is 0 Å². The molecule has 86 valence electrons. The first-order valence-corrected chi connectivity index (χ1v) is 6.45. The fraction of sp³-hybridized carbons (Fsp3) is 0.333. The molecule has 0 amide bonds. The van der Waals surface area contributed by atoms with E-state index in [1.54, 1.807) is 12.1 Å². The molecule has 1 aromatic rings. The standard InChI is InChI=1S/C9H12N4O2S/c1-16(14,15)13-5-4-11-9-3-2-8(6-10)12-7-9/h2-3,7,11,13H,4-5H2,1H3. The Kier molecular flexibility index (Phi) is 4.22. The molecule has 7 heteroatoms. The summed E-state index contributed by atoms with van der Waals surface area (Å²) in [5, 5.41) is 11.5. The first kappa shape index (κ1) is 12.4. The van der Waals surface area contributed by atoms with E-state index in [0.29, 0.717) is 18.8 Å². The molecular weight excluding hydrogens is 228 g/mol. The first-order chi connectivity index (χ1) is 7.51. The monoisotopic (exact) mass is 240 g/mol. The van der Waals surface area contributed by atoms with Gasteiger partial charge < -0.3 is 5.32 Å². The normalized spacial score (nSPS) is 10.8. The smallest absolute Gasteiger partial charge is 0.208 e. The molecule has 0 saturated carbocycles. The highest BCUT2D eigenvalue weighted by atomic mass is 32.2. The van der Waals surface area contributed by atoms with E-state index in [1.807, 2.05) is 6.07 Å². The maximum Gasteiger partial charge on any atom is 0.208 e. The van der Waals surface area contributed by atoms with E-state index in [2.05, 4.69) is 15.0 Å². The van der Waals surface area contributed by atoms with Gasteiger partial charge in [-0.05, 0) is 12.1 Å². The number of pyridine rings is 1. The minimum Gasteiger partial charge on any atom is -0.382 e. The number of hydrogen-bond acceptors (Lipinski definition) is 5. The third-order valence-electron chi connectivity index (χ3n) is 1.70. The average molecular weight is 240 g/mol. The van der Waals surface area contributed by atoms with Gasteiger partial charge in [0.2, 0.25) is 10.0 Å². The number of rotatable bonds is 5. The van der Waals surface area contributed by atoms with Crippen LogP contribution in [0.1, 0.15) is 5.69 Å². The molecule has 0 saturated heterocycles. The minimum absolute atomic E-state index is 0.304. The van der Waals surface area contributed by atoms with Gasteiger partial charge in [-0.25, -0.2) is 18.1 Å². The number of nitrogens with zero attached hydrogens (tertiary/aromatic N) is 2. The van der Waals surface area contributed by atoms with Crippen LogP contribution in [0.5, 0.6) is 0 Å². The lowest BCUT2D eigenvalue weighted by atomic mass is 10.3. The van der Waals surface area contributed by atoms with Crippen molar-refractivity contribution in [3.63, 3.8) is 0 Å². The van der Waals surface area contributed by atoms with Crippen molar-refractivity contribution in [2.24, 2.45) is 0 Å². The van der Waals surface area contributed by atoms with Crippen LogP contribution in [0, 0.1) is 11.3 Å². The number of aromatic nitrogens is 1. The molecule has 1 heterocycles. The van der Waals surface area contributed by atoms with Crippen molar-refractivity contribution in [1.82, 2.24) is 9.71 Å². The highest BCUT2D eigenvalue weighted by molar-refractivity contribution is 7.88. The molecule has 1 rings (SSSR count). The number of nitrogens with one attached hydrogen (secondary N) is 2. The van der Waals surface area contributed by atoms with Crippen LogP contribution < -0.4 is 10.0 Å². The van der Waals surface area contributed by atoms with Gasteiger partial charge in [0, 0.05) is 13.1 Å². The molecule has 16 heavy (non-hydrogen) atoms. The van der Waals surface area contributed by atoms with E-state index in [4.69, 9.17) is 5.26 Å². The van der Waals surface area contributed by atoms with E-state index in [9.17, 15) is 8.42 Å². The van der Waals surface area contributed by atoms with E-state index in [1.165, 1.54) is 6.20 Å². The third kappa shape index (κ3) is 4.72. The Labute approximate surface area is 94.4 Å². The Bertz CT molecular complexity index is 475. The summed E-state index contributed by atoms with van der Waals surface area (Å²) in [6, 6.07) is 5.21. The molecule has 0 aliphatic rings. The molecule has 0 radical (unpaired) electrons. The summed E-state index contributed by atoms with van der Waals surface area (Å²) >= 11 is 0. The summed E-state index contributed by atoms with van der Waals surface area (Å²) in [6.45, 7) is 0.763. The van der Waals surface area contributed by atoms with Crippen molar-refractivity contribution in [2.75, 3.05) is 24.7 Å². The zero-order valence-electron chi connectivity index (χ0n) is 8.77. The molecule has 0 atom stereocenters. The fourth-order valence-corrected chi connectivity index (χ4v) is 1.48. The van der Waals surface area contributed by atoms with Crippen molar-refractivity contribution in [2.45, 2.75) is 0 Å². The Balaban J connectivity index is 2.36. The summed E-state index contributed by atoms with van der Waals surface area (Å²) < 4.78 is 23.8. The first-order valence-electron chi connectivity index (χ1n) is 4.56. The summed E-state index contributed by atoms with van der Waals surface area (Å²) in [4.78, 5) is 3.86. The molecule has 0 aliphatic carbocycles. The van der Waals surface area contributed by atoms with Crippen LogP contribution in [0.2, 0.25) is 0 Å². The van der Waals surface area contributed by atoms with Gasteiger partial charge in [-0.3, -0.25) is 0 Å². The number of nitriles is 1. The van der Waals surface area contributed by atoms with Crippen molar-refractivity contribution in [3.05, 3.63) is 24.0 Å². The number of anilines is 1. The lowest BCUT2D eigenvalue weighted by Crippen LogP contribution is -2.27. The Morgan fingerprint density at radius 1 is 1.44 bits per heavy atom. The Hall–Kier alpha value is -1.65. The Morgan fingerprint density at radius 3 is 2.69 bits per heavy atom. The average Bonchev–Trinajstić information content (AvgIpc) is 2.24. The molecule has 1 aromatic heterocycles. The van der Waals surface area contributed by atoms with E-state index in [-0.39, 0.29) is 0 Å². The predicted molar refractivity (Wildman–Crippen MR) is 60.3 cm³/mol. The van der Waals surface area contributed by atoms with Gasteiger partial charge in [0.05, 0.1) is 18.1 Å². The van der Waals surface area contributed by atoms with E-state index in [0.717, 1.165) is 11.9 Å². The van der Waals surface area contributed by atoms with Crippen LogP contribution in [0.15, 0.2) is 18.3 Å². The lowest BCUT2D eigenvalue weighted by molar-refractivity contribution is 0.589. The van der Waals surface area contributed by atoms with Gasteiger partial charge >= 0.3 is 0 Å². The predicted octanol–water partition coefficient (Wildman–Crippen LogP) is -0.0856. The lowest BCUT2D eigenvalue weighted by Gasteiger charge is -2.05. The third-order valence-corrected chi connectivity index (χ3v) is 2.42. The molecular formula is C9H12N4O2S. The van der Waals surface area contributed by atoms with Crippen LogP contribution in [-0.4, -0.2) is 32.7 Å². The van der Waals surface area contributed by atoms with Gasteiger partial charge in [-0.2, -0.15) is 5.26 Å². The Morgan fingerprint density at radius 2 is 2.19 bits per heavy atom. The summed E-state index contributed by atoms with van der Waals surface area (Å²) in [5.41, 5.74) is 1.09. The zero-order valence-corrected chi connectivity index (χ0v) is 9.58. The molecule has 2 N–H and O–H groups in total. The maximum absolute atomic E-state index is 10.7. The molecule has 0 aliphatic heterocycles. The van der Waals surface area contributed by atoms with Crippen molar-refractivity contribution in [1.29, 1.82) is 5.26 Å². The van der Waals surface area contributed by atoms with Crippen LogP contribution in [0.4, 0.5) is 5.69 Å². The summed E-state index contributed by atoms with van der Waals surface area (Å²) in [7, 11) is -3.14. The van der Waals surface area contributed by atoms with Gasteiger partial charge in [-0.15, -0.1) is 0 Å². The van der Waals surface area contributed by atoms with Gasteiger partial charge in [-0.1, -0.05) is 0 Å². The topological polar surface area (TPSA) is 94.9 Å². The second-order valence-electron chi connectivity index (χ2n) is 3.14. The fourth-order valence-electron chi connectivity index (χ4n) is 1.01. The second kappa shape index (κ2) is 5.44.